The average Bonchev–Trinajstić information content (AvgIpc) is 3.43. The van der Waals surface area contributed by atoms with E-state index in [0.29, 0.717) is 25.7 Å². The summed E-state index contributed by atoms with van der Waals surface area (Å²) in [5.41, 5.74) is 1.15. The van der Waals surface area contributed by atoms with Crippen LogP contribution in [0.15, 0.2) is 29.3 Å². The molecule has 1 saturated heterocycles. The van der Waals surface area contributed by atoms with E-state index in [1.165, 1.54) is 12.8 Å². The first-order valence-corrected chi connectivity index (χ1v) is 10.6. The Morgan fingerprint density at radius 1 is 1.14 bits per heavy atom. The molecule has 1 aromatic carbocycles. The lowest BCUT2D eigenvalue weighted by Gasteiger charge is -2.22. The van der Waals surface area contributed by atoms with Gasteiger partial charge in [0.05, 0.1) is 33.0 Å². The molecule has 1 aromatic rings. The van der Waals surface area contributed by atoms with Crippen molar-refractivity contribution in [2.45, 2.75) is 32.7 Å². The molecule has 1 aliphatic carbocycles. The number of hydrogen-bond donors (Lipinski definition) is 1. The molecule has 2 aliphatic rings. The Bertz CT molecular complexity index is 625. The van der Waals surface area contributed by atoms with Crippen LogP contribution in [0.25, 0.3) is 0 Å². The van der Waals surface area contributed by atoms with E-state index < -0.39 is 0 Å². The molecule has 1 unspecified atom stereocenters. The molecule has 1 heterocycles. The molecule has 6 nitrogen and oxygen atoms in total. The number of nitrogens with one attached hydrogen (secondary N) is 1. The van der Waals surface area contributed by atoms with E-state index in [4.69, 9.17) is 19.2 Å². The molecule has 1 saturated carbocycles. The average molecular weight is 517 g/mol. The number of ether oxygens (including phenoxy) is 3. The van der Waals surface area contributed by atoms with E-state index in [1.807, 2.05) is 6.07 Å². The molecule has 1 atom stereocenters. The number of nitrogens with zero attached hydrogens (tertiary/aromatic N) is 2. The van der Waals surface area contributed by atoms with E-state index in [9.17, 15) is 0 Å². The molecule has 0 radical (unpaired) electrons. The van der Waals surface area contributed by atoms with Crippen molar-refractivity contribution < 1.29 is 14.2 Å². The quantitative estimate of drug-likeness (QED) is 0.211. The number of para-hydroxylation sites is 1. The number of methoxy groups -OCH3 is 1. The Hall–Kier alpha value is -1.06. The Morgan fingerprint density at radius 3 is 2.72 bits per heavy atom. The third-order valence-electron chi connectivity index (χ3n) is 5.25. The monoisotopic (exact) mass is 517 g/mol. The molecule has 3 rings (SSSR count). The van der Waals surface area contributed by atoms with Crippen LogP contribution < -0.4 is 10.1 Å². The summed E-state index contributed by atoms with van der Waals surface area (Å²) < 4.78 is 16.8. The largest absolute Gasteiger partial charge is 0.493 e. The molecular formula is C22H36IN3O3. The highest BCUT2D eigenvalue weighted by atomic mass is 127. The molecule has 0 bridgehead atoms. The molecule has 2 fully saturated rings. The highest BCUT2D eigenvalue weighted by molar-refractivity contribution is 14.0. The predicted molar refractivity (Wildman–Crippen MR) is 127 cm³/mol. The molecule has 0 amide bonds. The van der Waals surface area contributed by atoms with Crippen LogP contribution in [0.1, 0.15) is 31.7 Å². The van der Waals surface area contributed by atoms with Crippen LogP contribution in [0.5, 0.6) is 5.75 Å². The minimum Gasteiger partial charge on any atom is -0.493 e. The smallest absolute Gasteiger partial charge is 0.194 e. The van der Waals surface area contributed by atoms with E-state index >= 15 is 0 Å². The maximum Gasteiger partial charge on any atom is 0.194 e. The number of rotatable bonds is 11. The molecule has 0 spiro atoms. The predicted octanol–water partition coefficient (Wildman–Crippen LogP) is 3.54. The number of likely N-dealkylation sites (tertiary alicyclic amines) is 1. The van der Waals surface area contributed by atoms with Crippen LogP contribution in [-0.2, 0) is 16.0 Å². The molecule has 1 N–H and O–H groups in total. The van der Waals surface area contributed by atoms with Crippen LogP contribution in [0.4, 0.5) is 0 Å². The topological polar surface area (TPSA) is 55.3 Å². The van der Waals surface area contributed by atoms with Gasteiger partial charge in [0.25, 0.3) is 0 Å². The van der Waals surface area contributed by atoms with Gasteiger partial charge in [-0.25, -0.2) is 4.99 Å². The molecule has 29 heavy (non-hydrogen) atoms. The first-order valence-electron chi connectivity index (χ1n) is 10.6. The van der Waals surface area contributed by atoms with Crippen molar-refractivity contribution in [3.8, 4) is 5.75 Å². The van der Waals surface area contributed by atoms with Gasteiger partial charge in [0.1, 0.15) is 5.75 Å². The first-order chi connectivity index (χ1) is 13.8. The number of hydrogen-bond acceptors (Lipinski definition) is 4. The summed E-state index contributed by atoms with van der Waals surface area (Å²) in [6, 6.07) is 8.27. The summed E-state index contributed by atoms with van der Waals surface area (Å²) in [7, 11) is 1.70. The van der Waals surface area contributed by atoms with Gasteiger partial charge in [-0.05, 0) is 38.2 Å². The second kappa shape index (κ2) is 13.3. The Balaban J connectivity index is 0.00000300. The maximum absolute atomic E-state index is 6.03. The van der Waals surface area contributed by atoms with E-state index in [0.717, 1.165) is 62.5 Å². The van der Waals surface area contributed by atoms with E-state index in [-0.39, 0.29) is 24.0 Å². The van der Waals surface area contributed by atoms with Crippen molar-refractivity contribution in [3.63, 3.8) is 0 Å². The molecular weight excluding hydrogens is 481 g/mol. The van der Waals surface area contributed by atoms with Crippen LogP contribution in [0.3, 0.4) is 0 Å². The summed E-state index contributed by atoms with van der Waals surface area (Å²) in [5.74, 6) is 3.26. The van der Waals surface area contributed by atoms with Gasteiger partial charge in [0, 0.05) is 38.2 Å². The normalized spacial score (nSPS) is 19.2. The van der Waals surface area contributed by atoms with Crippen molar-refractivity contribution in [1.82, 2.24) is 10.2 Å². The van der Waals surface area contributed by atoms with Gasteiger partial charge in [-0.2, -0.15) is 0 Å². The van der Waals surface area contributed by atoms with Crippen molar-refractivity contribution in [3.05, 3.63) is 29.8 Å². The summed E-state index contributed by atoms with van der Waals surface area (Å²) in [4.78, 5) is 7.25. The first kappa shape index (κ1) is 24.2. The summed E-state index contributed by atoms with van der Waals surface area (Å²) in [6.07, 6.45) is 3.74. The van der Waals surface area contributed by atoms with Crippen molar-refractivity contribution in [2.24, 2.45) is 16.8 Å². The zero-order chi connectivity index (χ0) is 19.6. The molecule has 0 aromatic heterocycles. The third-order valence-corrected chi connectivity index (χ3v) is 5.25. The van der Waals surface area contributed by atoms with Crippen molar-refractivity contribution >= 4 is 29.9 Å². The van der Waals surface area contributed by atoms with Gasteiger partial charge in [0.2, 0.25) is 0 Å². The Labute approximate surface area is 192 Å². The van der Waals surface area contributed by atoms with Gasteiger partial charge >= 0.3 is 0 Å². The fourth-order valence-corrected chi connectivity index (χ4v) is 3.41. The Kier molecular flexibility index (Phi) is 11.1. The van der Waals surface area contributed by atoms with Crippen LogP contribution >= 0.6 is 24.0 Å². The van der Waals surface area contributed by atoms with Gasteiger partial charge < -0.3 is 24.4 Å². The van der Waals surface area contributed by atoms with E-state index in [2.05, 4.69) is 35.3 Å². The van der Waals surface area contributed by atoms with Gasteiger partial charge in [-0.3, -0.25) is 0 Å². The minimum absolute atomic E-state index is 0. The second-order valence-corrected chi connectivity index (χ2v) is 7.70. The lowest BCUT2D eigenvalue weighted by molar-refractivity contribution is 0.0536. The van der Waals surface area contributed by atoms with Crippen LogP contribution in [0.2, 0.25) is 0 Å². The number of aliphatic imine (C=N–C) groups is 1. The van der Waals surface area contributed by atoms with E-state index in [1.54, 1.807) is 7.11 Å². The number of guanidine groups is 1. The fraction of sp³-hybridized carbons (Fsp3) is 0.682. The summed E-state index contributed by atoms with van der Waals surface area (Å²) in [6.45, 7) is 8.56. The summed E-state index contributed by atoms with van der Waals surface area (Å²) in [5, 5.41) is 3.45. The SMILES string of the molecule is CCNC(=NCc1ccccc1OCC1CC1)N1CCC(COCCOC)C1.I. The van der Waals surface area contributed by atoms with Gasteiger partial charge in [-0.1, -0.05) is 18.2 Å². The Morgan fingerprint density at radius 2 is 1.97 bits per heavy atom. The zero-order valence-corrected chi connectivity index (χ0v) is 20.1. The minimum atomic E-state index is 0. The van der Waals surface area contributed by atoms with Crippen molar-refractivity contribution in [1.29, 1.82) is 0 Å². The maximum atomic E-state index is 6.03. The third kappa shape index (κ3) is 8.30. The second-order valence-electron chi connectivity index (χ2n) is 7.70. The fourth-order valence-electron chi connectivity index (χ4n) is 3.41. The van der Waals surface area contributed by atoms with Crippen LogP contribution in [0, 0.1) is 11.8 Å². The summed E-state index contributed by atoms with van der Waals surface area (Å²) >= 11 is 0. The van der Waals surface area contributed by atoms with Crippen molar-refractivity contribution in [2.75, 3.05) is 53.2 Å². The van der Waals surface area contributed by atoms with Crippen LogP contribution in [-0.4, -0.2) is 64.0 Å². The molecule has 7 heteroatoms. The molecule has 1 aliphatic heterocycles. The lowest BCUT2D eigenvalue weighted by Crippen LogP contribution is -2.40. The number of halogens is 1. The van der Waals surface area contributed by atoms with Gasteiger partial charge in [-0.15, -0.1) is 24.0 Å². The van der Waals surface area contributed by atoms with Gasteiger partial charge in [0.15, 0.2) is 5.96 Å². The highest BCUT2D eigenvalue weighted by Crippen LogP contribution is 2.30. The molecule has 164 valence electrons. The highest BCUT2D eigenvalue weighted by Gasteiger charge is 2.25. The lowest BCUT2D eigenvalue weighted by atomic mass is 10.1. The zero-order valence-electron chi connectivity index (χ0n) is 17.8. The number of benzene rings is 1. The standard InChI is InChI=1S/C22H35N3O3.HI/c1-3-23-22(25-11-10-19(15-25)16-27-13-12-26-2)24-14-20-6-4-5-7-21(20)28-17-18-8-9-18;/h4-7,18-19H,3,8-17H2,1-2H3,(H,23,24);1H.